The maximum absolute atomic E-state index is 9.35. The van der Waals surface area contributed by atoms with Crippen LogP contribution in [-0.2, 0) is 0 Å². The number of rotatable bonds is 5. The van der Waals surface area contributed by atoms with E-state index < -0.39 is 0 Å². The number of likely N-dealkylation sites (tertiary alicyclic amines) is 1. The molecule has 104 valence electrons. The number of hydrogen-bond donors (Lipinski definition) is 1. The Bertz CT molecular complexity index is 284. The Morgan fingerprint density at radius 2 is 2.17 bits per heavy atom. The van der Waals surface area contributed by atoms with Crippen molar-refractivity contribution in [2.45, 2.75) is 77.4 Å². The van der Waals surface area contributed by atoms with E-state index in [2.05, 4.69) is 37.1 Å². The molecule has 0 radical (unpaired) electrons. The van der Waals surface area contributed by atoms with Crippen LogP contribution in [-0.4, -0.2) is 35.6 Å². The first kappa shape index (κ1) is 15.5. The summed E-state index contributed by atoms with van der Waals surface area (Å²) in [6.45, 7) is 10.7. The van der Waals surface area contributed by atoms with Gasteiger partial charge in [0.2, 0.25) is 0 Å². The van der Waals surface area contributed by atoms with Gasteiger partial charge in [-0.1, -0.05) is 19.8 Å². The zero-order valence-corrected chi connectivity index (χ0v) is 12.5. The Labute approximate surface area is 113 Å². The lowest BCUT2D eigenvalue weighted by Crippen LogP contribution is -2.49. The van der Waals surface area contributed by atoms with Crippen molar-refractivity contribution in [2.24, 2.45) is 0 Å². The molecule has 3 nitrogen and oxygen atoms in total. The fourth-order valence-electron chi connectivity index (χ4n) is 3.21. The summed E-state index contributed by atoms with van der Waals surface area (Å²) in [4.78, 5) is 2.60. The SMILES string of the molecule is CCNC(C)(C#N)CC(C)N1CCCCCC1C. The Hall–Kier alpha value is -0.590. The van der Waals surface area contributed by atoms with Crippen LogP contribution in [0.1, 0.15) is 59.8 Å². The van der Waals surface area contributed by atoms with Gasteiger partial charge in [0, 0.05) is 12.1 Å². The van der Waals surface area contributed by atoms with Crippen LogP contribution in [0.15, 0.2) is 0 Å². The Morgan fingerprint density at radius 3 is 2.78 bits per heavy atom. The van der Waals surface area contributed by atoms with E-state index in [9.17, 15) is 5.26 Å². The Balaban J connectivity index is 2.62. The highest BCUT2D eigenvalue weighted by Crippen LogP contribution is 2.23. The topological polar surface area (TPSA) is 39.1 Å². The van der Waals surface area contributed by atoms with Gasteiger partial charge in [0.15, 0.2) is 0 Å². The minimum absolute atomic E-state index is 0.389. The highest BCUT2D eigenvalue weighted by atomic mass is 15.2. The molecule has 1 saturated heterocycles. The van der Waals surface area contributed by atoms with Gasteiger partial charge in [-0.15, -0.1) is 0 Å². The molecule has 3 atom stereocenters. The lowest BCUT2D eigenvalue weighted by atomic mass is 9.93. The van der Waals surface area contributed by atoms with Gasteiger partial charge < -0.3 is 0 Å². The van der Waals surface area contributed by atoms with Crippen LogP contribution in [0.5, 0.6) is 0 Å². The van der Waals surface area contributed by atoms with E-state index in [0.717, 1.165) is 13.0 Å². The quantitative estimate of drug-likeness (QED) is 0.816. The summed E-state index contributed by atoms with van der Waals surface area (Å²) in [5.41, 5.74) is -0.389. The van der Waals surface area contributed by atoms with Crippen molar-refractivity contribution in [3.63, 3.8) is 0 Å². The van der Waals surface area contributed by atoms with Gasteiger partial charge in [0.1, 0.15) is 5.54 Å². The second kappa shape index (κ2) is 7.11. The highest BCUT2D eigenvalue weighted by molar-refractivity contribution is 5.05. The third kappa shape index (κ3) is 4.26. The monoisotopic (exact) mass is 251 g/mol. The molecule has 18 heavy (non-hydrogen) atoms. The molecule has 1 aliphatic heterocycles. The average molecular weight is 251 g/mol. The minimum Gasteiger partial charge on any atom is -0.300 e. The summed E-state index contributed by atoms with van der Waals surface area (Å²) >= 11 is 0. The molecule has 1 fully saturated rings. The van der Waals surface area contributed by atoms with E-state index in [1.165, 1.54) is 32.2 Å². The van der Waals surface area contributed by atoms with Crippen molar-refractivity contribution in [1.82, 2.24) is 10.2 Å². The fraction of sp³-hybridized carbons (Fsp3) is 0.933. The molecule has 0 aromatic heterocycles. The van der Waals surface area contributed by atoms with Crippen molar-refractivity contribution in [3.05, 3.63) is 0 Å². The number of nitriles is 1. The molecule has 1 aliphatic rings. The van der Waals surface area contributed by atoms with Crippen molar-refractivity contribution >= 4 is 0 Å². The average Bonchev–Trinajstić information content (AvgIpc) is 2.54. The predicted molar refractivity (Wildman–Crippen MR) is 76.4 cm³/mol. The maximum Gasteiger partial charge on any atom is 0.105 e. The first-order chi connectivity index (χ1) is 8.52. The summed E-state index contributed by atoms with van der Waals surface area (Å²) in [5.74, 6) is 0. The molecular weight excluding hydrogens is 222 g/mol. The molecule has 0 spiro atoms. The van der Waals surface area contributed by atoms with Crippen LogP contribution >= 0.6 is 0 Å². The molecule has 1 N–H and O–H groups in total. The van der Waals surface area contributed by atoms with Crippen LogP contribution in [0.4, 0.5) is 0 Å². The molecule has 0 saturated carbocycles. The van der Waals surface area contributed by atoms with Crippen LogP contribution in [0.3, 0.4) is 0 Å². The fourth-order valence-corrected chi connectivity index (χ4v) is 3.21. The van der Waals surface area contributed by atoms with E-state index in [1.807, 2.05) is 6.92 Å². The van der Waals surface area contributed by atoms with Crippen LogP contribution < -0.4 is 5.32 Å². The second-order valence-electron chi connectivity index (χ2n) is 5.96. The number of hydrogen-bond acceptors (Lipinski definition) is 3. The molecular formula is C15H29N3. The van der Waals surface area contributed by atoms with E-state index in [0.29, 0.717) is 12.1 Å². The second-order valence-corrected chi connectivity index (χ2v) is 5.96. The van der Waals surface area contributed by atoms with Crippen molar-refractivity contribution < 1.29 is 0 Å². The van der Waals surface area contributed by atoms with Gasteiger partial charge in [0.05, 0.1) is 6.07 Å². The van der Waals surface area contributed by atoms with Crippen molar-refractivity contribution in [1.29, 1.82) is 5.26 Å². The van der Waals surface area contributed by atoms with Crippen LogP contribution in [0, 0.1) is 11.3 Å². The smallest absolute Gasteiger partial charge is 0.105 e. The van der Waals surface area contributed by atoms with E-state index in [4.69, 9.17) is 0 Å². The molecule has 0 aromatic carbocycles. The zero-order chi connectivity index (χ0) is 13.6. The summed E-state index contributed by atoms with van der Waals surface area (Å²) in [6, 6.07) is 3.58. The molecule has 1 rings (SSSR count). The third-order valence-corrected chi connectivity index (χ3v) is 4.19. The standard InChI is InChI=1S/C15H29N3/c1-5-17-15(4,12-16)11-14(3)18-10-8-6-7-9-13(18)2/h13-14,17H,5-11H2,1-4H3. The Morgan fingerprint density at radius 1 is 1.44 bits per heavy atom. The molecule has 0 aromatic rings. The van der Waals surface area contributed by atoms with Crippen molar-refractivity contribution in [3.8, 4) is 6.07 Å². The largest absolute Gasteiger partial charge is 0.300 e. The molecule has 1 heterocycles. The Kier molecular flexibility index (Phi) is 6.11. The lowest BCUT2D eigenvalue weighted by Gasteiger charge is -2.37. The first-order valence-electron chi connectivity index (χ1n) is 7.44. The predicted octanol–water partition coefficient (Wildman–Crippen LogP) is 2.92. The van der Waals surface area contributed by atoms with Gasteiger partial charge in [-0.3, -0.25) is 10.2 Å². The zero-order valence-electron chi connectivity index (χ0n) is 12.5. The summed E-state index contributed by atoms with van der Waals surface area (Å²) < 4.78 is 0. The lowest BCUT2D eigenvalue weighted by molar-refractivity contribution is 0.134. The molecule has 3 heteroatoms. The van der Waals surface area contributed by atoms with Gasteiger partial charge in [-0.25, -0.2) is 0 Å². The minimum atomic E-state index is -0.389. The number of nitrogens with zero attached hydrogens (tertiary/aromatic N) is 2. The van der Waals surface area contributed by atoms with E-state index in [-0.39, 0.29) is 5.54 Å². The van der Waals surface area contributed by atoms with Gasteiger partial charge in [-0.2, -0.15) is 5.26 Å². The van der Waals surface area contributed by atoms with Crippen LogP contribution in [0.2, 0.25) is 0 Å². The molecule has 3 unspecified atom stereocenters. The normalized spacial score (nSPS) is 26.9. The number of nitrogens with one attached hydrogen (secondary N) is 1. The van der Waals surface area contributed by atoms with Gasteiger partial charge in [-0.05, 0) is 53.1 Å². The highest BCUT2D eigenvalue weighted by Gasteiger charge is 2.30. The van der Waals surface area contributed by atoms with Crippen LogP contribution in [0.25, 0.3) is 0 Å². The summed E-state index contributed by atoms with van der Waals surface area (Å²) in [7, 11) is 0. The molecule has 0 bridgehead atoms. The third-order valence-electron chi connectivity index (χ3n) is 4.19. The molecule has 0 amide bonds. The van der Waals surface area contributed by atoms with Crippen molar-refractivity contribution in [2.75, 3.05) is 13.1 Å². The summed E-state index contributed by atoms with van der Waals surface area (Å²) in [6.07, 6.45) is 6.22. The van der Waals surface area contributed by atoms with Gasteiger partial charge >= 0.3 is 0 Å². The summed E-state index contributed by atoms with van der Waals surface area (Å²) in [5, 5.41) is 12.7. The van der Waals surface area contributed by atoms with E-state index in [1.54, 1.807) is 0 Å². The van der Waals surface area contributed by atoms with Gasteiger partial charge in [0.25, 0.3) is 0 Å². The first-order valence-corrected chi connectivity index (χ1v) is 7.44. The molecule has 0 aliphatic carbocycles. The van der Waals surface area contributed by atoms with E-state index >= 15 is 0 Å². The maximum atomic E-state index is 9.35.